The van der Waals surface area contributed by atoms with Gasteiger partial charge in [0.1, 0.15) is 6.10 Å². The van der Waals surface area contributed by atoms with Crippen LogP contribution >= 0.6 is 0 Å². The maximum atomic E-state index is 11.4. The lowest BCUT2D eigenvalue weighted by molar-refractivity contribution is -0.126. The zero-order valence-corrected chi connectivity index (χ0v) is 12.4. The Morgan fingerprint density at radius 3 is 2.29 bits per heavy atom. The maximum Gasteiger partial charge on any atom is 0.249 e. The molecule has 5 heteroatoms. The van der Waals surface area contributed by atoms with E-state index in [0.29, 0.717) is 6.42 Å². The Morgan fingerprint density at radius 1 is 1.47 bits per heavy atom. The fourth-order valence-electron chi connectivity index (χ4n) is 2.36. The second-order valence-corrected chi connectivity index (χ2v) is 12.3. The number of nitrogens with one attached hydrogen (secondary N) is 1. The van der Waals surface area contributed by atoms with E-state index < -0.39 is 14.2 Å². The van der Waals surface area contributed by atoms with Gasteiger partial charge in [-0.25, -0.2) is 0 Å². The average Bonchev–Trinajstić information content (AvgIpc) is 2.45. The predicted molar refractivity (Wildman–Crippen MR) is 70.6 cm³/mol. The molecule has 100 valence electrons. The van der Waals surface area contributed by atoms with E-state index in [2.05, 4.69) is 39.2 Å². The highest BCUT2D eigenvalue weighted by atomic mass is 28.3. The first-order valence-corrected chi connectivity index (χ1v) is 9.28. The smallest absolute Gasteiger partial charge is 0.249 e. The number of carbonyl (C=O) groups excluding carboxylic acids is 1. The average molecular weight is 259 g/mol. The SMILES string of the molecule is CC(C)(C)[Si](C)(C)C(CO)C1CC(O)C(=O)N1. The molecule has 0 radical (unpaired) electrons. The van der Waals surface area contributed by atoms with Crippen molar-refractivity contribution in [1.29, 1.82) is 0 Å². The molecule has 0 spiro atoms. The van der Waals surface area contributed by atoms with Crippen LogP contribution in [0.2, 0.25) is 23.7 Å². The lowest BCUT2D eigenvalue weighted by Crippen LogP contribution is -2.50. The van der Waals surface area contributed by atoms with E-state index in [1.165, 1.54) is 0 Å². The Morgan fingerprint density at radius 2 is 2.00 bits per heavy atom. The molecule has 4 nitrogen and oxygen atoms in total. The molecule has 1 aliphatic rings. The fourth-order valence-corrected chi connectivity index (χ4v) is 5.16. The standard InChI is InChI=1S/C12H25NO3Si/c1-12(2,3)17(4,5)10(7-14)8-6-9(15)11(16)13-8/h8-10,14-15H,6-7H2,1-5H3,(H,13,16). The summed E-state index contributed by atoms with van der Waals surface area (Å²) in [4.78, 5) is 11.4. The number of hydrogen-bond donors (Lipinski definition) is 3. The largest absolute Gasteiger partial charge is 0.396 e. The van der Waals surface area contributed by atoms with Gasteiger partial charge in [0.05, 0.1) is 8.07 Å². The molecule has 17 heavy (non-hydrogen) atoms. The van der Waals surface area contributed by atoms with Crippen LogP contribution in [0.4, 0.5) is 0 Å². The second-order valence-electron chi connectivity index (χ2n) is 6.63. The van der Waals surface area contributed by atoms with E-state index >= 15 is 0 Å². The number of carbonyl (C=O) groups is 1. The van der Waals surface area contributed by atoms with Crippen LogP contribution in [0.3, 0.4) is 0 Å². The van der Waals surface area contributed by atoms with Gasteiger partial charge >= 0.3 is 0 Å². The van der Waals surface area contributed by atoms with Gasteiger partial charge < -0.3 is 15.5 Å². The number of hydrogen-bond acceptors (Lipinski definition) is 3. The summed E-state index contributed by atoms with van der Waals surface area (Å²) in [5.74, 6) is -0.299. The summed E-state index contributed by atoms with van der Waals surface area (Å²) in [6.45, 7) is 11.1. The Bertz CT molecular complexity index is 299. The van der Waals surface area contributed by atoms with E-state index in [0.717, 1.165) is 0 Å². The minimum Gasteiger partial charge on any atom is -0.396 e. The van der Waals surface area contributed by atoms with Gasteiger partial charge in [-0.15, -0.1) is 0 Å². The number of rotatable bonds is 3. The van der Waals surface area contributed by atoms with E-state index in [-0.39, 0.29) is 29.1 Å². The van der Waals surface area contributed by atoms with Crippen molar-refractivity contribution in [3.63, 3.8) is 0 Å². The van der Waals surface area contributed by atoms with Gasteiger partial charge in [0, 0.05) is 19.1 Å². The van der Waals surface area contributed by atoms with Crippen LogP contribution in [0, 0.1) is 0 Å². The van der Waals surface area contributed by atoms with Gasteiger partial charge in [-0.1, -0.05) is 33.9 Å². The van der Waals surface area contributed by atoms with Crippen molar-refractivity contribution >= 4 is 14.0 Å². The molecule has 1 rings (SSSR count). The lowest BCUT2D eigenvalue weighted by atomic mass is 10.1. The lowest BCUT2D eigenvalue weighted by Gasteiger charge is -2.45. The van der Waals surface area contributed by atoms with Crippen molar-refractivity contribution < 1.29 is 15.0 Å². The van der Waals surface area contributed by atoms with Gasteiger partial charge in [0.25, 0.3) is 0 Å². The molecule has 1 saturated heterocycles. The summed E-state index contributed by atoms with van der Waals surface area (Å²) < 4.78 is 0. The summed E-state index contributed by atoms with van der Waals surface area (Å²) in [5, 5.41) is 22.1. The van der Waals surface area contributed by atoms with Crippen molar-refractivity contribution in [2.45, 2.75) is 63.0 Å². The van der Waals surface area contributed by atoms with E-state index in [4.69, 9.17) is 0 Å². The van der Waals surface area contributed by atoms with E-state index in [1.807, 2.05) is 0 Å². The van der Waals surface area contributed by atoms with Gasteiger partial charge in [-0.3, -0.25) is 4.79 Å². The topological polar surface area (TPSA) is 69.6 Å². The highest BCUT2D eigenvalue weighted by molar-refractivity contribution is 6.81. The third-order valence-electron chi connectivity index (χ3n) is 4.65. The zero-order chi connectivity index (χ0) is 13.4. The molecule has 0 saturated carbocycles. The molecule has 0 aromatic heterocycles. The first kappa shape index (κ1) is 14.7. The minimum absolute atomic E-state index is 0.0775. The third kappa shape index (κ3) is 2.72. The van der Waals surface area contributed by atoms with Gasteiger partial charge in [0.2, 0.25) is 5.91 Å². The van der Waals surface area contributed by atoms with Crippen molar-refractivity contribution in [1.82, 2.24) is 5.32 Å². The highest BCUT2D eigenvalue weighted by Crippen LogP contribution is 2.45. The molecule has 1 aliphatic heterocycles. The fraction of sp³-hybridized carbons (Fsp3) is 0.917. The number of aliphatic hydroxyl groups is 2. The molecule has 3 N–H and O–H groups in total. The molecular weight excluding hydrogens is 234 g/mol. The van der Waals surface area contributed by atoms with Crippen LogP contribution in [0.1, 0.15) is 27.2 Å². The first-order chi connectivity index (χ1) is 7.61. The Balaban J connectivity index is 2.90. The van der Waals surface area contributed by atoms with Crippen LogP contribution in [-0.2, 0) is 4.79 Å². The molecule has 0 aliphatic carbocycles. The third-order valence-corrected chi connectivity index (χ3v) is 11.0. The predicted octanol–water partition coefficient (Wildman–Crippen LogP) is 1.11. The molecule has 0 aromatic rings. The molecule has 3 unspecified atom stereocenters. The van der Waals surface area contributed by atoms with E-state index in [9.17, 15) is 15.0 Å². The van der Waals surface area contributed by atoms with Crippen molar-refractivity contribution in [2.75, 3.05) is 6.61 Å². The molecule has 0 aromatic carbocycles. The maximum absolute atomic E-state index is 11.4. The van der Waals surface area contributed by atoms with Crippen molar-refractivity contribution in [3.05, 3.63) is 0 Å². The first-order valence-electron chi connectivity index (χ1n) is 6.20. The Hall–Kier alpha value is -0.393. The highest BCUT2D eigenvalue weighted by Gasteiger charge is 2.48. The van der Waals surface area contributed by atoms with Gasteiger partial charge in [-0.2, -0.15) is 0 Å². The van der Waals surface area contributed by atoms with Crippen LogP contribution < -0.4 is 5.32 Å². The van der Waals surface area contributed by atoms with Crippen LogP contribution in [0.15, 0.2) is 0 Å². The normalized spacial score (nSPS) is 28.1. The summed E-state index contributed by atoms with van der Waals surface area (Å²) >= 11 is 0. The summed E-state index contributed by atoms with van der Waals surface area (Å²) in [6, 6.07) is -0.0802. The summed E-state index contributed by atoms with van der Waals surface area (Å²) in [5.41, 5.74) is 0.0867. The Kier molecular flexibility index (Phi) is 4.06. The summed E-state index contributed by atoms with van der Waals surface area (Å²) in [6.07, 6.45) is -0.477. The van der Waals surface area contributed by atoms with Crippen molar-refractivity contribution in [3.8, 4) is 0 Å². The zero-order valence-electron chi connectivity index (χ0n) is 11.4. The quantitative estimate of drug-likeness (QED) is 0.665. The second kappa shape index (κ2) is 4.70. The van der Waals surface area contributed by atoms with E-state index in [1.54, 1.807) is 0 Å². The van der Waals surface area contributed by atoms with Crippen LogP contribution in [-0.4, -0.2) is 42.9 Å². The monoisotopic (exact) mass is 259 g/mol. The molecule has 3 atom stereocenters. The molecule has 0 bridgehead atoms. The number of aliphatic hydroxyl groups excluding tert-OH is 2. The van der Waals surface area contributed by atoms with Gasteiger partial charge in [-0.05, 0) is 10.6 Å². The van der Waals surface area contributed by atoms with Crippen LogP contribution in [0.25, 0.3) is 0 Å². The number of amides is 1. The summed E-state index contributed by atoms with van der Waals surface area (Å²) in [7, 11) is -1.73. The van der Waals surface area contributed by atoms with Crippen molar-refractivity contribution in [2.24, 2.45) is 0 Å². The molecule has 1 fully saturated rings. The Labute approximate surface area is 104 Å². The van der Waals surface area contributed by atoms with Gasteiger partial charge in [0.15, 0.2) is 0 Å². The minimum atomic E-state index is -1.73. The van der Waals surface area contributed by atoms with Crippen LogP contribution in [0.5, 0.6) is 0 Å². The molecule has 1 amide bonds. The molecule has 1 heterocycles. The molecular formula is C12H25NO3Si.